The van der Waals surface area contributed by atoms with Crippen molar-refractivity contribution in [2.45, 2.75) is 6.10 Å². The molecule has 2 rings (SSSR count). The van der Waals surface area contributed by atoms with Gasteiger partial charge in [0, 0.05) is 25.7 Å². The van der Waals surface area contributed by atoms with Gasteiger partial charge >= 0.3 is 0 Å². The number of hydrogen-bond donors (Lipinski definition) is 2. The number of likely N-dealkylation sites (N-methyl/N-ethyl adjacent to an activating group) is 1. The average molecular weight is 268 g/mol. The lowest BCUT2D eigenvalue weighted by Crippen LogP contribution is -2.48. The van der Waals surface area contributed by atoms with E-state index in [4.69, 9.17) is 9.84 Å². The number of carbonyl (C=O) groups is 1. The van der Waals surface area contributed by atoms with Crippen LogP contribution in [0.15, 0.2) is 18.2 Å². The molecule has 1 aromatic carbocycles. The first-order valence-corrected chi connectivity index (χ1v) is 6.16. The Balaban J connectivity index is 2.10. The third kappa shape index (κ3) is 3.21. The Morgan fingerprint density at radius 3 is 3.11 bits per heavy atom. The van der Waals surface area contributed by atoms with Crippen molar-refractivity contribution in [2.24, 2.45) is 0 Å². The summed E-state index contributed by atoms with van der Waals surface area (Å²) in [5, 5.41) is 12.1. The molecule has 1 heterocycles. The number of phenolic OH excluding ortho intramolecular Hbond substituents is 1. The Hall–Kier alpha value is -1.66. The summed E-state index contributed by atoms with van der Waals surface area (Å²) in [5.41, 5.74) is -0.0251. The fraction of sp³-hybridized carbons (Fsp3) is 0.462. The molecule has 0 spiro atoms. The molecule has 104 valence electrons. The molecule has 1 aromatic rings. The van der Waals surface area contributed by atoms with Crippen molar-refractivity contribution in [3.8, 4) is 5.75 Å². The number of rotatable bonds is 3. The van der Waals surface area contributed by atoms with Gasteiger partial charge in [0.15, 0.2) is 0 Å². The number of halogens is 1. The summed E-state index contributed by atoms with van der Waals surface area (Å²) in [5.74, 6) is -1.27. The first-order chi connectivity index (χ1) is 9.11. The number of ether oxygens (including phenoxy) is 1. The zero-order chi connectivity index (χ0) is 13.8. The maximum atomic E-state index is 13.6. The third-order valence-electron chi connectivity index (χ3n) is 3.04. The second-order valence-corrected chi connectivity index (χ2v) is 4.47. The van der Waals surface area contributed by atoms with Crippen molar-refractivity contribution in [3.63, 3.8) is 0 Å². The van der Waals surface area contributed by atoms with E-state index in [0.717, 1.165) is 6.07 Å². The highest BCUT2D eigenvalue weighted by molar-refractivity contribution is 5.94. The summed E-state index contributed by atoms with van der Waals surface area (Å²) in [6, 6.07) is 3.55. The van der Waals surface area contributed by atoms with Gasteiger partial charge in [0.2, 0.25) is 0 Å². The average Bonchev–Trinajstić information content (AvgIpc) is 2.39. The molecule has 0 bridgehead atoms. The SMILES string of the molecule is CNCC1CN(C(=O)c2ccc(O)cc2F)CCO1. The normalized spacial score (nSPS) is 19.5. The lowest BCUT2D eigenvalue weighted by Gasteiger charge is -2.33. The number of hydrogen-bond acceptors (Lipinski definition) is 4. The van der Waals surface area contributed by atoms with Crippen molar-refractivity contribution in [2.75, 3.05) is 33.3 Å². The minimum Gasteiger partial charge on any atom is -0.508 e. The maximum absolute atomic E-state index is 13.6. The summed E-state index contributed by atoms with van der Waals surface area (Å²) >= 11 is 0. The number of nitrogens with one attached hydrogen (secondary N) is 1. The molecule has 1 fully saturated rings. The largest absolute Gasteiger partial charge is 0.508 e. The van der Waals surface area contributed by atoms with Crippen LogP contribution in [0.3, 0.4) is 0 Å². The van der Waals surface area contributed by atoms with E-state index in [-0.39, 0.29) is 23.3 Å². The molecular formula is C13H17FN2O3. The number of phenols is 1. The van der Waals surface area contributed by atoms with Crippen LogP contribution in [0.4, 0.5) is 4.39 Å². The van der Waals surface area contributed by atoms with E-state index < -0.39 is 5.82 Å². The predicted molar refractivity (Wildman–Crippen MR) is 67.6 cm³/mol. The van der Waals surface area contributed by atoms with Gasteiger partial charge in [-0.05, 0) is 19.2 Å². The number of carbonyl (C=O) groups excluding carboxylic acids is 1. The molecule has 2 N–H and O–H groups in total. The van der Waals surface area contributed by atoms with Crippen LogP contribution in [0.5, 0.6) is 5.75 Å². The molecule has 0 saturated carbocycles. The molecule has 5 nitrogen and oxygen atoms in total. The van der Waals surface area contributed by atoms with Gasteiger partial charge in [0.1, 0.15) is 11.6 Å². The Labute approximate surface area is 111 Å². The first-order valence-electron chi connectivity index (χ1n) is 6.16. The van der Waals surface area contributed by atoms with Gasteiger partial charge in [-0.25, -0.2) is 4.39 Å². The van der Waals surface area contributed by atoms with Crippen LogP contribution in [0.2, 0.25) is 0 Å². The number of amides is 1. The molecule has 0 radical (unpaired) electrons. The highest BCUT2D eigenvalue weighted by Gasteiger charge is 2.26. The van der Waals surface area contributed by atoms with Crippen LogP contribution >= 0.6 is 0 Å². The van der Waals surface area contributed by atoms with Crippen molar-refractivity contribution < 1.29 is 19.0 Å². The monoisotopic (exact) mass is 268 g/mol. The van der Waals surface area contributed by atoms with E-state index >= 15 is 0 Å². The predicted octanol–water partition coefficient (Wildman–Crippen LogP) is 0.592. The van der Waals surface area contributed by atoms with Crippen LogP contribution in [0, 0.1) is 5.82 Å². The topological polar surface area (TPSA) is 61.8 Å². The molecule has 1 amide bonds. The lowest BCUT2D eigenvalue weighted by molar-refractivity contribution is -0.0197. The second-order valence-electron chi connectivity index (χ2n) is 4.47. The van der Waals surface area contributed by atoms with Crippen LogP contribution in [-0.4, -0.2) is 55.3 Å². The summed E-state index contributed by atoms with van der Waals surface area (Å²) in [4.78, 5) is 13.8. The minimum atomic E-state index is -0.707. The molecule has 1 aliphatic rings. The number of morpholine rings is 1. The van der Waals surface area contributed by atoms with E-state index in [1.54, 1.807) is 4.90 Å². The molecule has 6 heteroatoms. The van der Waals surface area contributed by atoms with E-state index in [1.807, 2.05) is 7.05 Å². The Morgan fingerprint density at radius 1 is 1.63 bits per heavy atom. The van der Waals surface area contributed by atoms with Gasteiger partial charge in [-0.2, -0.15) is 0 Å². The zero-order valence-corrected chi connectivity index (χ0v) is 10.7. The summed E-state index contributed by atoms with van der Waals surface area (Å²) in [6.07, 6.45) is -0.0807. The maximum Gasteiger partial charge on any atom is 0.257 e. The molecular weight excluding hydrogens is 251 g/mol. The standard InChI is InChI=1S/C13H17FN2O3/c1-15-7-10-8-16(4-5-19-10)13(18)11-3-2-9(17)6-12(11)14/h2-3,6,10,15,17H,4-5,7-8H2,1H3. The van der Waals surface area contributed by atoms with Gasteiger partial charge in [0.25, 0.3) is 5.91 Å². The molecule has 1 atom stereocenters. The Bertz CT molecular complexity index is 465. The van der Waals surface area contributed by atoms with Crippen LogP contribution in [-0.2, 0) is 4.74 Å². The molecule has 1 unspecified atom stereocenters. The Morgan fingerprint density at radius 2 is 2.42 bits per heavy atom. The lowest BCUT2D eigenvalue weighted by atomic mass is 10.1. The highest BCUT2D eigenvalue weighted by Crippen LogP contribution is 2.18. The van der Waals surface area contributed by atoms with Gasteiger partial charge in [0.05, 0.1) is 18.3 Å². The summed E-state index contributed by atoms with van der Waals surface area (Å²) < 4.78 is 19.1. The molecule has 0 aliphatic carbocycles. The second kappa shape index (κ2) is 5.99. The molecule has 1 saturated heterocycles. The molecule has 19 heavy (non-hydrogen) atoms. The van der Waals surface area contributed by atoms with Crippen molar-refractivity contribution >= 4 is 5.91 Å². The Kier molecular flexibility index (Phi) is 4.34. The minimum absolute atomic E-state index is 0.0251. The summed E-state index contributed by atoms with van der Waals surface area (Å²) in [7, 11) is 1.81. The fourth-order valence-electron chi connectivity index (χ4n) is 2.10. The van der Waals surface area contributed by atoms with Crippen molar-refractivity contribution in [1.82, 2.24) is 10.2 Å². The van der Waals surface area contributed by atoms with E-state index in [0.29, 0.717) is 26.2 Å². The van der Waals surface area contributed by atoms with E-state index in [9.17, 15) is 9.18 Å². The van der Waals surface area contributed by atoms with E-state index in [2.05, 4.69) is 5.32 Å². The molecule has 1 aliphatic heterocycles. The highest BCUT2D eigenvalue weighted by atomic mass is 19.1. The smallest absolute Gasteiger partial charge is 0.257 e. The van der Waals surface area contributed by atoms with Crippen LogP contribution < -0.4 is 5.32 Å². The van der Waals surface area contributed by atoms with Gasteiger partial charge < -0.3 is 20.1 Å². The summed E-state index contributed by atoms with van der Waals surface area (Å²) in [6.45, 7) is 1.96. The van der Waals surface area contributed by atoms with Crippen LogP contribution in [0.25, 0.3) is 0 Å². The number of benzene rings is 1. The van der Waals surface area contributed by atoms with Crippen LogP contribution in [0.1, 0.15) is 10.4 Å². The van der Waals surface area contributed by atoms with Gasteiger partial charge in [-0.15, -0.1) is 0 Å². The number of nitrogens with zero attached hydrogens (tertiary/aromatic N) is 1. The van der Waals surface area contributed by atoms with Gasteiger partial charge in [-0.3, -0.25) is 4.79 Å². The quantitative estimate of drug-likeness (QED) is 0.842. The van der Waals surface area contributed by atoms with E-state index in [1.165, 1.54) is 12.1 Å². The van der Waals surface area contributed by atoms with Crippen molar-refractivity contribution in [1.29, 1.82) is 0 Å². The third-order valence-corrected chi connectivity index (χ3v) is 3.04. The zero-order valence-electron chi connectivity index (χ0n) is 10.7. The molecule has 0 aromatic heterocycles. The fourth-order valence-corrected chi connectivity index (χ4v) is 2.10. The first kappa shape index (κ1) is 13.8. The van der Waals surface area contributed by atoms with Crippen molar-refractivity contribution in [3.05, 3.63) is 29.6 Å². The number of aromatic hydroxyl groups is 1. The van der Waals surface area contributed by atoms with Gasteiger partial charge in [-0.1, -0.05) is 0 Å².